The van der Waals surface area contributed by atoms with E-state index in [1.807, 2.05) is 36.4 Å². The van der Waals surface area contributed by atoms with Gasteiger partial charge in [-0.15, -0.1) is 0 Å². The van der Waals surface area contributed by atoms with Gasteiger partial charge in [0, 0.05) is 31.8 Å². The van der Waals surface area contributed by atoms with Crippen molar-refractivity contribution in [1.29, 1.82) is 0 Å². The summed E-state index contributed by atoms with van der Waals surface area (Å²) in [7, 11) is 0. The van der Waals surface area contributed by atoms with Crippen LogP contribution in [0.15, 0.2) is 42.2 Å². The topological polar surface area (TPSA) is 92.7 Å². The van der Waals surface area contributed by atoms with Crippen molar-refractivity contribution in [2.24, 2.45) is 11.8 Å². The first-order chi connectivity index (χ1) is 17.1. The zero-order chi connectivity index (χ0) is 24.1. The van der Waals surface area contributed by atoms with Crippen LogP contribution in [-0.2, 0) is 28.5 Å². The Kier molecular flexibility index (Phi) is 7.92. The Hall–Kier alpha value is -2.13. The van der Waals surface area contributed by atoms with E-state index in [9.17, 15) is 9.90 Å². The highest BCUT2D eigenvalue weighted by molar-refractivity contribution is 5.71. The lowest BCUT2D eigenvalue weighted by molar-refractivity contribution is -0.313. The first kappa shape index (κ1) is 24.6. The number of para-hydroxylation sites is 1. The van der Waals surface area contributed by atoms with Crippen LogP contribution in [0.5, 0.6) is 5.75 Å². The number of ether oxygens (including phenoxy) is 6. The molecule has 1 saturated carbocycles. The van der Waals surface area contributed by atoms with Gasteiger partial charge in [0.15, 0.2) is 18.4 Å². The highest BCUT2D eigenvalue weighted by Crippen LogP contribution is 2.52. The van der Waals surface area contributed by atoms with Gasteiger partial charge in [-0.3, -0.25) is 4.79 Å². The number of aliphatic hydroxyl groups is 1. The molecule has 6 atom stereocenters. The average molecular weight is 489 g/mol. The number of fused-ring (bicyclic) bond motifs is 2. The monoisotopic (exact) mass is 488 g/mol. The first-order valence-electron chi connectivity index (χ1n) is 13.0. The second-order valence-corrected chi connectivity index (χ2v) is 9.80. The van der Waals surface area contributed by atoms with Crippen LogP contribution >= 0.6 is 0 Å². The smallest absolute Gasteiger partial charge is 0.306 e. The van der Waals surface area contributed by atoms with E-state index in [-0.39, 0.29) is 31.0 Å². The minimum absolute atomic E-state index is 0.0666. The fourth-order valence-corrected chi connectivity index (χ4v) is 5.57. The fourth-order valence-electron chi connectivity index (χ4n) is 5.57. The van der Waals surface area contributed by atoms with Gasteiger partial charge in [0.1, 0.15) is 17.6 Å². The van der Waals surface area contributed by atoms with Crippen LogP contribution in [0.2, 0.25) is 0 Å². The van der Waals surface area contributed by atoms with Gasteiger partial charge in [-0.25, -0.2) is 0 Å². The highest BCUT2D eigenvalue weighted by Gasteiger charge is 2.61. The molecule has 192 valence electrons. The molecule has 35 heavy (non-hydrogen) atoms. The second-order valence-electron chi connectivity index (χ2n) is 9.80. The zero-order valence-corrected chi connectivity index (χ0v) is 20.1. The fraction of sp³-hybridized carbons (Fsp3) is 0.667. The lowest BCUT2D eigenvalue weighted by Crippen LogP contribution is -2.45. The number of benzene rings is 1. The van der Waals surface area contributed by atoms with Crippen LogP contribution in [0.4, 0.5) is 0 Å². The lowest BCUT2D eigenvalue weighted by Gasteiger charge is -2.38. The van der Waals surface area contributed by atoms with E-state index >= 15 is 0 Å². The summed E-state index contributed by atoms with van der Waals surface area (Å²) in [5, 5.41) is 11.6. The molecule has 0 spiro atoms. The maximum Gasteiger partial charge on any atom is 0.306 e. The molecule has 1 aliphatic carbocycles. The van der Waals surface area contributed by atoms with Crippen LogP contribution in [0.25, 0.3) is 0 Å². The number of carbonyl (C=O) groups is 1. The van der Waals surface area contributed by atoms with E-state index in [1.54, 1.807) is 0 Å². The molecule has 3 saturated heterocycles. The Bertz CT molecular complexity index is 861. The Morgan fingerprint density at radius 1 is 1.06 bits per heavy atom. The maximum atomic E-state index is 12.4. The second kappa shape index (κ2) is 11.3. The summed E-state index contributed by atoms with van der Waals surface area (Å²) in [6.45, 7) is 1.75. The van der Waals surface area contributed by atoms with Gasteiger partial charge < -0.3 is 33.5 Å². The lowest BCUT2D eigenvalue weighted by atomic mass is 9.85. The highest BCUT2D eigenvalue weighted by atomic mass is 16.7. The van der Waals surface area contributed by atoms with Gasteiger partial charge in [0.05, 0.1) is 25.6 Å². The van der Waals surface area contributed by atoms with Crippen LogP contribution in [0.3, 0.4) is 0 Å². The molecular formula is C27H36O8. The Morgan fingerprint density at radius 2 is 1.80 bits per heavy atom. The maximum absolute atomic E-state index is 12.4. The summed E-state index contributed by atoms with van der Waals surface area (Å²) < 4.78 is 35.6. The molecule has 3 heterocycles. The van der Waals surface area contributed by atoms with E-state index in [1.165, 1.54) is 0 Å². The van der Waals surface area contributed by atoms with Crippen molar-refractivity contribution in [3.05, 3.63) is 42.2 Å². The zero-order valence-electron chi connectivity index (χ0n) is 20.1. The molecule has 5 rings (SSSR count). The molecule has 0 aromatic heterocycles. The van der Waals surface area contributed by atoms with E-state index in [4.69, 9.17) is 28.4 Å². The van der Waals surface area contributed by atoms with Gasteiger partial charge in [-0.2, -0.15) is 0 Å². The largest absolute Gasteiger partial charge is 0.493 e. The summed E-state index contributed by atoms with van der Waals surface area (Å²) in [4.78, 5) is 12.4. The molecule has 0 amide bonds. The van der Waals surface area contributed by atoms with E-state index in [2.05, 4.69) is 0 Å². The molecule has 8 nitrogen and oxygen atoms in total. The molecule has 2 bridgehead atoms. The van der Waals surface area contributed by atoms with Crippen LogP contribution < -0.4 is 4.74 Å². The number of hydrogen-bond donors (Lipinski definition) is 1. The van der Waals surface area contributed by atoms with Crippen LogP contribution in [0.1, 0.15) is 57.8 Å². The minimum atomic E-state index is -1.51. The Labute approximate surface area is 206 Å². The summed E-state index contributed by atoms with van der Waals surface area (Å²) in [5.41, 5.74) is 0. The van der Waals surface area contributed by atoms with Gasteiger partial charge >= 0.3 is 5.97 Å². The van der Waals surface area contributed by atoms with Gasteiger partial charge in [-0.1, -0.05) is 18.2 Å². The van der Waals surface area contributed by atoms with Gasteiger partial charge in [0.2, 0.25) is 0 Å². The molecule has 8 heteroatoms. The summed E-state index contributed by atoms with van der Waals surface area (Å²) in [5.74, 6) is -1.14. The molecule has 4 fully saturated rings. The van der Waals surface area contributed by atoms with Crippen molar-refractivity contribution >= 4 is 5.97 Å². The third-order valence-electron chi connectivity index (χ3n) is 7.26. The molecule has 1 aromatic rings. The van der Waals surface area contributed by atoms with Crippen molar-refractivity contribution < 1.29 is 38.3 Å². The number of rotatable bonds is 9. The minimum Gasteiger partial charge on any atom is -0.493 e. The van der Waals surface area contributed by atoms with Crippen molar-refractivity contribution in [1.82, 2.24) is 0 Å². The molecule has 3 aliphatic heterocycles. The molecule has 0 radical (unpaired) electrons. The van der Waals surface area contributed by atoms with Crippen LogP contribution in [-0.4, -0.2) is 55.4 Å². The molecular weight excluding hydrogens is 452 g/mol. The van der Waals surface area contributed by atoms with E-state index in [0.29, 0.717) is 32.0 Å². The molecule has 3 unspecified atom stereocenters. The van der Waals surface area contributed by atoms with Gasteiger partial charge in [0.25, 0.3) is 0 Å². The Balaban J connectivity index is 1.33. The quantitative estimate of drug-likeness (QED) is 0.241. The summed E-state index contributed by atoms with van der Waals surface area (Å²) in [6.07, 6.45) is 7.07. The van der Waals surface area contributed by atoms with Crippen molar-refractivity contribution in [3.8, 4) is 5.75 Å². The average Bonchev–Trinajstić information content (AvgIpc) is 3.05. The summed E-state index contributed by atoms with van der Waals surface area (Å²) >= 11 is 0. The Morgan fingerprint density at radius 3 is 2.51 bits per heavy atom. The predicted molar refractivity (Wildman–Crippen MR) is 125 cm³/mol. The third-order valence-corrected chi connectivity index (χ3v) is 7.26. The molecule has 1 aromatic carbocycles. The molecule has 1 N–H and O–H groups in total. The standard InChI is InChI=1S/C27H36O8/c28-23-17-20-26(22(33-23)18-27(20,29)35-25-13-5-7-15-32-25)21(34-24-12-4-6-14-31-24)11-8-16-30-19-9-2-1-3-10-19/h1-3,9-11,20,22,24-26,29H,4-8,12-18H2/b21-11+/t20-,22?,24?,25?,26+,27+/m1/s1. The van der Waals surface area contributed by atoms with Crippen molar-refractivity contribution in [2.75, 3.05) is 19.8 Å². The van der Waals surface area contributed by atoms with E-state index < -0.39 is 24.1 Å². The number of carbonyl (C=O) groups excluding carboxylic acids is 1. The van der Waals surface area contributed by atoms with Crippen LogP contribution in [0, 0.1) is 11.8 Å². The SMILES string of the molecule is O=C1C[C@@H]2[C@@H](/C(=C\CCOc3ccccc3)OC3CCCCO3)C(C[C@]2(O)OC2CCCCO2)O1. The first-order valence-corrected chi connectivity index (χ1v) is 13.0. The predicted octanol–water partition coefficient (Wildman–Crippen LogP) is 4.07. The summed E-state index contributed by atoms with van der Waals surface area (Å²) in [6, 6.07) is 9.66. The van der Waals surface area contributed by atoms with Gasteiger partial charge in [-0.05, 0) is 50.3 Å². The normalized spacial score (nSPS) is 35.4. The van der Waals surface area contributed by atoms with Crippen molar-refractivity contribution in [2.45, 2.75) is 82.3 Å². The number of hydrogen-bond acceptors (Lipinski definition) is 8. The number of esters is 1. The third kappa shape index (κ3) is 6.00. The van der Waals surface area contributed by atoms with E-state index in [0.717, 1.165) is 44.3 Å². The van der Waals surface area contributed by atoms with Crippen molar-refractivity contribution in [3.63, 3.8) is 0 Å². The molecule has 4 aliphatic rings.